The third-order valence-corrected chi connectivity index (χ3v) is 4.70. The molecule has 2 aromatic heterocycles. The first kappa shape index (κ1) is 18.1. The molecule has 4 aromatic rings. The average Bonchev–Trinajstić information content (AvgIpc) is 3.18. The maximum atomic E-state index is 12.2. The quantitative estimate of drug-likeness (QED) is 0.515. The molecule has 1 N–H and O–H groups in total. The van der Waals surface area contributed by atoms with Gasteiger partial charge in [0, 0.05) is 5.69 Å². The Bertz CT molecular complexity index is 1100. The Labute approximate surface area is 169 Å². The molecule has 0 bridgehead atoms. The summed E-state index contributed by atoms with van der Waals surface area (Å²) in [5, 5.41) is 20.1. The van der Waals surface area contributed by atoms with Crippen LogP contribution in [0.15, 0.2) is 81.4 Å². The topological polar surface area (TPSA) is 93.8 Å². The molecule has 0 aliphatic rings. The van der Waals surface area contributed by atoms with Crippen LogP contribution in [0.4, 0.5) is 5.69 Å². The molecule has 7 nitrogen and oxygen atoms in total. The van der Waals surface area contributed by atoms with E-state index in [-0.39, 0.29) is 11.6 Å². The van der Waals surface area contributed by atoms with Crippen molar-refractivity contribution in [2.75, 3.05) is 5.32 Å². The van der Waals surface area contributed by atoms with Gasteiger partial charge in [0.1, 0.15) is 5.03 Å². The second-order valence-corrected chi connectivity index (χ2v) is 6.91. The van der Waals surface area contributed by atoms with Gasteiger partial charge in [-0.3, -0.25) is 4.79 Å². The van der Waals surface area contributed by atoms with Crippen LogP contribution in [-0.4, -0.2) is 26.3 Å². The Hall–Kier alpha value is -3.23. The number of benzene rings is 2. The smallest absolute Gasteiger partial charge is 0.283 e. The van der Waals surface area contributed by atoms with E-state index in [2.05, 4.69) is 25.7 Å². The molecule has 2 aromatic carbocycles. The maximum Gasteiger partial charge on any atom is 0.283 e. The fourth-order valence-corrected chi connectivity index (χ4v) is 3.11. The highest BCUT2D eigenvalue weighted by Gasteiger charge is 2.14. The van der Waals surface area contributed by atoms with Gasteiger partial charge in [0.05, 0.1) is 10.6 Å². The van der Waals surface area contributed by atoms with E-state index in [1.54, 1.807) is 36.4 Å². The molecule has 0 spiro atoms. The Morgan fingerprint density at radius 3 is 2.43 bits per heavy atom. The first-order valence-corrected chi connectivity index (χ1v) is 9.35. The van der Waals surface area contributed by atoms with Crippen molar-refractivity contribution in [1.29, 1.82) is 0 Å². The van der Waals surface area contributed by atoms with Gasteiger partial charge in [-0.05, 0) is 48.2 Å². The third kappa shape index (κ3) is 4.19. The van der Waals surface area contributed by atoms with Crippen molar-refractivity contribution >= 4 is 35.0 Å². The zero-order valence-electron chi connectivity index (χ0n) is 14.2. The second kappa shape index (κ2) is 8.20. The first-order chi connectivity index (χ1) is 13.7. The predicted molar refractivity (Wildman–Crippen MR) is 105 cm³/mol. The van der Waals surface area contributed by atoms with Gasteiger partial charge in [0.15, 0.2) is 5.69 Å². The summed E-state index contributed by atoms with van der Waals surface area (Å²) >= 11 is 7.28. The van der Waals surface area contributed by atoms with Gasteiger partial charge >= 0.3 is 0 Å². The first-order valence-electron chi connectivity index (χ1n) is 8.15. The van der Waals surface area contributed by atoms with Gasteiger partial charge in [-0.15, -0.1) is 20.4 Å². The Morgan fingerprint density at radius 2 is 1.68 bits per heavy atom. The van der Waals surface area contributed by atoms with E-state index >= 15 is 0 Å². The van der Waals surface area contributed by atoms with Crippen LogP contribution in [-0.2, 0) is 0 Å². The number of hydrogen-bond acceptors (Lipinski definition) is 7. The highest BCUT2D eigenvalue weighted by atomic mass is 35.5. The minimum Gasteiger partial charge on any atom is -0.411 e. The molecule has 28 heavy (non-hydrogen) atoms. The van der Waals surface area contributed by atoms with Crippen LogP contribution in [0.1, 0.15) is 10.5 Å². The molecule has 2 heterocycles. The Kier molecular flexibility index (Phi) is 5.31. The van der Waals surface area contributed by atoms with Crippen molar-refractivity contribution in [2.45, 2.75) is 10.2 Å². The summed E-state index contributed by atoms with van der Waals surface area (Å²) in [5.41, 5.74) is 1.55. The lowest BCUT2D eigenvalue weighted by Crippen LogP contribution is -2.14. The van der Waals surface area contributed by atoms with E-state index in [9.17, 15) is 4.79 Å². The van der Waals surface area contributed by atoms with E-state index in [0.717, 1.165) is 11.8 Å². The van der Waals surface area contributed by atoms with Crippen LogP contribution < -0.4 is 5.32 Å². The second-order valence-electron chi connectivity index (χ2n) is 5.53. The molecule has 0 saturated heterocycles. The highest BCUT2D eigenvalue weighted by Crippen LogP contribution is 2.30. The molecule has 0 unspecified atom stereocenters. The lowest BCUT2D eigenvalue weighted by molar-refractivity contribution is 0.102. The zero-order chi connectivity index (χ0) is 19.3. The third-order valence-electron chi connectivity index (χ3n) is 3.61. The normalized spacial score (nSPS) is 10.6. The molecule has 9 heteroatoms. The fourth-order valence-electron chi connectivity index (χ4n) is 2.30. The number of anilines is 1. The molecule has 0 saturated carbocycles. The number of halogens is 1. The van der Waals surface area contributed by atoms with Crippen LogP contribution in [0.3, 0.4) is 0 Å². The molecule has 0 aliphatic carbocycles. The van der Waals surface area contributed by atoms with Crippen LogP contribution in [0.5, 0.6) is 0 Å². The molecular weight excluding hydrogens is 398 g/mol. The molecule has 0 aliphatic heterocycles. The molecular formula is C19H12ClN5O2S. The molecule has 1 amide bonds. The van der Waals surface area contributed by atoms with Gasteiger partial charge in [0.25, 0.3) is 11.1 Å². The largest absolute Gasteiger partial charge is 0.411 e. The SMILES string of the molecule is O=C(Nc1ccccc1)c1ccc(Sc2nnc(-c3ccccc3Cl)o2)nn1. The van der Waals surface area contributed by atoms with Crippen LogP contribution >= 0.6 is 23.4 Å². The minimum absolute atomic E-state index is 0.204. The summed E-state index contributed by atoms with van der Waals surface area (Å²) in [6.45, 7) is 0. The van der Waals surface area contributed by atoms with Crippen molar-refractivity contribution in [3.05, 3.63) is 77.4 Å². The summed E-state index contributed by atoms with van der Waals surface area (Å²) < 4.78 is 5.62. The summed E-state index contributed by atoms with van der Waals surface area (Å²) in [6.07, 6.45) is 0. The number of hydrogen-bond donors (Lipinski definition) is 1. The van der Waals surface area contributed by atoms with E-state index in [1.165, 1.54) is 0 Å². The number of para-hydroxylation sites is 1. The predicted octanol–water partition coefficient (Wildman–Crippen LogP) is 4.58. The van der Waals surface area contributed by atoms with E-state index in [4.69, 9.17) is 16.0 Å². The number of nitrogens with zero attached hydrogens (tertiary/aromatic N) is 4. The lowest BCUT2D eigenvalue weighted by Gasteiger charge is -2.03. The van der Waals surface area contributed by atoms with Gasteiger partial charge in [0.2, 0.25) is 5.89 Å². The van der Waals surface area contributed by atoms with Crippen LogP contribution in [0, 0.1) is 0 Å². The Balaban J connectivity index is 1.44. The van der Waals surface area contributed by atoms with Crippen molar-refractivity contribution in [3.8, 4) is 11.5 Å². The number of carbonyl (C=O) groups excluding carboxylic acids is 1. The summed E-state index contributed by atoms with van der Waals surface area (Å²) in [5.74, 6) is -0.0195. The number of amides is 1. The monoisotopic (exact) mass is 409 g/mol. The van der Waals surface area contributed by atoms with Crippen molar-refractivity contribution in [3.63, 3.8) is 0 Å². The Morgan fingerprint density at radius 1 is 0.893 bits per heavy atom. The minimum atomic E-state index is -0.339. The fraction of sp³-hybridized carbons (Fsp3) is 0. The van der Waals surface area contributed by atoms with Crippen molar-refractivity contribution in [1.82, 2.24) is 20.4 Å². The maximum absolute atomic E-state index is 12.2. The number of aromatic nitrogens is 4. The standard InChI is InChI=1S/C19H12ClN5O2S/c20-14-9-5-4-8-13(14)18-24-25-19(27-18)28-16-11-10-15(22-23-16)17(26)21-12-6-2-1-3-7-12/h1-11H,(H,21,26). The van der Waals surface area contributed by atoms with E-state index in [1.807, 2.05) is 30.3 Å². The van der Waals surface area contributed by atoms with E-state index < -0.39 is 0 Å². The molecule has 0 radical (unpaired) electrons. The van der Waals surface area contributed by atoms with Gasteiger partial charge < -0.3 is 9.73 Å². The number of carbonyl (C=O) groups is 1. The number of nitrogens with one attached hydrogen (secondary N) is 1. The zero-order valence-corrected chi connectivity index (χ0v) is 15.8. The van der Waals surface area contributed by atoms with Crippen LogP contribution in [0.25, 0.3) is 11.5 Å². The van der Waals surface area contributed by atoms with E-state index in [0.29, 0.717) is 32.4 Å². The number of rotatable bonds is 5. The molecule has 0 atom stereocenters. The molecule has 138 valence electrons. The van der Waals surface area contributed by atoms with Gasteiger partial charge in [-0.2, -0.15) is 0 Å². The average molecular weight is 410 g/mol. The summed E-state index contributed by atoms with van der Waals surface area (Å²) in [6, 6.07) is 19.6. The molecule has 0 fully saturated rings. The van der Waals surface area contributed by atoms with Crippen molar-refractivity contribution < 1.29 is 9.21 Å². The van der Waals surface area contributed by atoms with Crippen molar-refractivity contribution in [2.24, 2.45) is 0 Å². The highest BCUT2D eigenvalue weighted by molar-refractivity contribution is 7.99. The summed E-state index contributed by atoms with van der Waals surface area (Å²) in [4.78, 5) is 12.2. The molecule has 4 rings (SSSR count). The summed E-state index contributed by atoms with van der Waals surface area (Å²) in [7, 11) is 0. The van der Waals surface area contributed by atoms with Gasteiger partial charge in [-0.25, -0.2) is 0 Å². The van der Waals surface area contributed by atoms with Crippen LogP contribution in [0.2, 0.25) is 5.02 Å². The van der Waals surface area contributed by atoms with Gasteiger partial charge in [-0.1, -0.05) is 41.9 Å². The lowest BCUT2D eigenvalue weighted by atomic mass is 10.2.